The predicted octanol–water partition coefficient (Wildman–Crippen LogP) is 2.05. The fourth-order valence-electron chi connectivity index (χ4n) is 2.93. The van der Waals surface area contributed by atoms with Crippen molar-refractivity contribution >= 4 is 23.3 Å². The van der Waals surface area contributed by atoms with Crippen LogP contribution < -0.4 is 21.1 Å². The molecule has 0 atom stereocenters. The van der Waals surface area contributed by atoms with E-state index in [1.807, 2.05) is 44.2 Å². The first-order chi connectivity index (χ1) is 14.4. The quantitative estimate of drug-likeness (QED) is 0.550. The van der Waals surface area contributed by atoms with Crippen molar-refractivity contribution in [2.24, 2.45) is 0 Å². The summed E-state index contributed by atoms with van der Waals surface area (Å²) >= 11 is 0. The van der Waals surface area contributed by atoms with Crippen LogP contribution in [0, 0.1) is 13.8 Å². The molecule has 156 valence electrons. The molecular weight excluding hydrogens is 384 g/mol. The smallest absolute Gasteiger partial charge is 0.275 e. The summed E-state index contributed by atoms with van der Waals surface area (Å²) in [7, 11) is 1.59. The Morgan fingerprint density at radius 3 is 2.40 bits per heavy atom. The van der Waals surface area contributed by atoms with Crippen molar-refractivity contribution < 1.29 is 14.3 Å². The van der Waals surface area contributed by atoms with E-state index in [1.54, 1.807) is 19.2 Å². The van der Waals surface area contributed by atoms with E-state index in [0.29, 0.717) is 6.54 Å². The van der Waals surface area contributed by atoms with Crippen molar-refractivity contribution in [2.45, 2.75) is 26.9 Å². The highest BCUT2D eigenvalue weighted by molar-refractivity contribution is 5.97. The second-order valence-corrected chi connectivity index (χ2v) is 6.83. The number of nitrogen functional groups attached to an aromatic ring is 1. The summed E-state index contributed by atoms with van der Waals surface area (Å²) in [6.45, 7) is 3.97. The van der Waals surface area contributed by atoms with Crippen LogP contribution in [0.5, 0.6) is 5.75 Å². The second-order valence-electron chi connectivity index (χ2n) is 6.83. The second kappa shape index (κ2) is 9.08. The average molecular weight is 408 g/mol. The first kappa shape index (κ1) is 20.8. The number of rotatable bonds is 7. The molecule has 0 aliphatic heterocycles. The van der Waals surface area contributed by atoms with Crippen molar-refractivity contribution in [3.8, 4) is 5.75 Å². The van der Waals surface area contributed by atoms with Gasteiger partial charge in [-0.25, -0.2) is 4.68 Å². The van der Waals surface area contributed by atoms with Crippen LogP contribution in [0.4, 0.5) is 11.5 Å². The molecular formula is C21H24N6O3. The Morgan fingerprint density at radius 1 is 1.10 bits per heavy atom. The van der Waals surface area contributed by atoms with Crippen LogP contribution in [0.25, 0.3) is 0 Å². The maximum Gasteiger partial charge on any atom is 0.275 e. The average Bonchev–Trinajstić information content (AvgIpc) is 3.09. The molecule has 0 unspecified atom stereocenters. The first-order valence-corrected chi connectivity index (χ1v) is 9.35. The van der Waals surface area contributed by atoms with Gasteiger partial charge in [0.15, 0.2) is 11.5 Å². The van der Waals surface area contributed by atoms with Gasteiger partial charge in [0.2, 0.25) is 5.91 Å². The molecule has 0 spiro atoms. The number of aromatic nitrogens is 3. The molecule has 9 nitrogen and oxygen atoms in total. The summed E-state index contributed by atoms with van der Waals surface area (Å²) in [5.41, 5.74) is 9.51. The topological polar surface area (TPSA) is 124 Å². The van der Waals surface area contributed by atoms with Gasteiger partial charge >= 0.3 is 0 Å². The first-order valence-electron chi connectivity index (χ1n) is 9.35. The molecule has 2 amide bonds. The van der Waals surface area contributed by atoms with Gasteiger partial charge < -0.3 is 21.1 Å². The van der Waals surface area contributed by atoms with Crippen LogP contribution in [0.1, 0.15) is 27.2 Å². The Hall–Kier alpha value is -3.88. The zero-order valence-corrected chi connectivity index (χ0v) is 17.1. The van der Waals surface area contributed by atoms with Gasteiger partial charge in [0, 0.05) is 12.2 Å². The van der Waals surface area contributed by atoms with Crippen LogP contribution in [0.3, 0.4) is 0 Å². The fraction of sp³-hybridized carbons (Fsp3) is 0.238. The van der Waals surface area contributed by atoms with E-state index in [2.05, 4.69) is 20.9 Å². The molecule has 0 fully saturated rings. The number of ether oxygens (including phenoxy) is 1. The number of nitrogens with two attached hydrogens (primary N) is 1. The van der Waals surface area contributed by atoms with Crippen LogP contribution in [0.2, 0.25) is 0 Å². The molecule has 2 aromatic carbocycles. The van der Waals surface area contributed by atoms with E-state index in [1.165, 1.54) is 4.68 Å². The molecule has 0 aliphatic rings. The Kier molecular flexibility index (Phi) is 6.31. The van der Waals surface area contributed by atoms with Crippen molar-refractivity contribution in [2.75, 3.05) is 18.2 Å². The zero-order valence-electron chi connectivity index (χ0n) is 17.1. The van der Waals surface area contributed by atoms with Gasteiger partial charge in [-0.15, -0.1) is 5.10 Å². The summed E-state index contributed by atoms with van der Waals surface area (Å²) in [6.07, 6.45) is 0. The number of benzene rings is 2. The van der Waals surface area contributed by atoms with Crippen molar-refractivity contribution in [3.05, 3.63) is 64.8 Å². The van der Waals surface area contributed by atoms with Crippen LogP contribution in [0.15, 0.2) is 42.5 Å². The van der Waals surface area contributed by atoms with Gasteiger partial charge in [-0.3, -0.25) is 9.59 Å². The molecule has 3 rings (SSSR count). The third-order valence-corrected chi connectivity index (χ3v) is 4.64. The summed E-state index contributed by atoms with van der Waals surface area (Å²) in [5.74, 6) is -0.0192. The zero-order chi connectivity index (χ0) is 21.7. The number of methoxy groups -OCH3 is 1. The summed E-state index contributed by atoms with van der Waals surface area (Å²) in [5, 5.41) is 13.3. The number of hydrogen-bond acceptors (Lipinski definition) is 6. The number of amides is 2. The number of nitrogens with zero attached hydrogens (tertiary/aromatic N) is 3. The number of nitrogens with one attached hydrogen (secondary N) is 2. The molecule has 0 saturated carbocycles. The molecule has 0 radical (unpaired) electrons. The SMILES string of the molecule is COc1ccc(CNC(=O)c2nnn(CC(=O)Nc3c(C)cccc3C)c2N)cc1. The minimum Gasteiger partial charge on any atom is -0.497 e. The lowest BCUT2D eigenvalue weighted by Gasteiger charge is -2.11. The van der Waals surface area contributed by atoms with E-state index in [-0.39, 0.29) is 24.0 Å². The predicted molar refractivity (Wildman–Crippen MR) is 113 cm³/mol. The third-order valence-electron chi connectivity index (χ3n) is 4.64. The van der Waals surface area contributed by atoms with E-state index in [4.69, 9.17) is 10.5 Å². The summed E-state index contributed by atoms with van der Waals surface area (Å²) in [6, 6.07) is 13.1. The fourth-order valence-corrected chi connectivity index (χ4v) is 2.93. The molecule has 0 aliphatic carbocycles. The minimum atomic E-state index is -0.468. The molecule has 30 heavy (non-hydrogen) atoms. The number of para-hydroxylation sites is 1. The molecule has 1 heterocycles. The largest absolute Gasteiger partial charge is 0.497 e. The highest BCUT2D eigenvalue weighted by Gasteiger charge is 2.19. The van der Waals surface area contributed by atoms with Crippen molar-refractivity contribution in [3.63, 3.8) is 0 Å². The molecule has 9 heteroatoms. The monoisotopic (exact) mass is 408 g/mol. The number of aryl methyl sites for hydroxylation is 2. The summed E-state index contributed by atoms with van der Waals surface area (Å²) < 4.78 is 6.31. The van der Waals surface area contributed by atoms with Gasteiger partial charge in [0.25, 0.3) is 5.91 Å². The molecule has 4 N–H and O–H groups in total. The number of anilines is 2. The normalized spacial score (nSPS) is 10.5. The molecule has 0 saturated heterocycles. The van der Waals surface area contributed by atoms with E-state index in [0.717, 1.165) is 28.1 Å². The Bertz CT molecular complexity index is 1040. The number of carbonyl (C=O) groups excluding carboxylic acids is 2. The van der Waals surface area contributed by atoms with E-state index >= 15 is 0 Å². The van der Waals surface area contributed by atoms with Crippen LogP contribution in [-0.2, 0) is 17.9 Å². The van der Waals surface area contributed by atoms with Gasteiger partial charge in [-0.05, 0) is 42.7 Å². The van der Waals surface area contributed by atoms with Gasteiger partial charge in [-0.2, -0.15) is 0 Å². The van der Waals surface area contributed by atoms with E-state index < -0.39 is 5.91 Å². The lowest BCUT2D eigenvalue weighted by atomic mass is 10.1. The van der Waals surface area contributed by atoms with Gasteiger partial charge in [-0.1, -0.05) is 35.5 Å². The number of carbonyl (C=O) groups is 2. The molecule has 1 aromatic heterocycles. The Balaban J connectivity index is 1.61. The third kappa shape index (κ3) is 4.75. The van der Waals surface area contributed by atoms with Gasteiger partial charge in [0.1, 0.15) is 12.3 Å². The number of hydrogen-bond donors (Lipinski definition) is 3. The highest BCUT2D eigenvalue weighted by atomic mass is 16.5. The van der Waals surface area contributed by atoms with E-state index in [9.17, 15) is 9.59 Å². The van der Waals surface area contributed by atoms with Crippen molar-refractivity contribution in [1.82, 2.24) is 20.3 Å². The maximum absolute atomic E-state index is 12.4. The highest BCUT2D eigenvalue weighted by Crippen LogP contribution is 2.19. The lowest BCUT2D eigenvalue weighted by molar-refractivity contribution is -0.116. The maximum atomic E-state index is 12.4. The van der Waals surface area contributed by atoms with Crippen molar-refractivity contribution in [1.29, 1.82) is 0 Å². The van der Waals surface area contributed by atoms with Gasteiger partial charge in [0.05, 0.1) is 7.11 Å². The summed E-state index contributed by atoms with van der Waals surface area (Å²) in [4.78, 5) is 24.8. The minimum absolute atomic E-state index is 0.0246. The Morgan fingerprint density at radius 2 is 1.77 bits per heavy atom. The molecule has 0 bridgehead atoms. The standard InChI is InChI=1S/C21H24N6O3/c1-13-5-4-6-14(2)18(13)24-17(28)12-27-20(22)19(25-26-27)21(29)23-11-15-7-9-16(30-3)10-8-15/h4-10H,11-12,22H2,1-3H3,(H,23,29)(H,24,28). The molecule has 3 aromatic rings. The lowest BCUT2D eigenvalue weighted by Crippen LogP contribution is -2.25. The van der Waals surface area contributed by atoms with Crippen LogP contribution >= 0.6 is 0 Å². The Labute approximate surface area is 174 Å². The van der Waals surface area contributed by atoms with Crippen LogP contribution in [-0.4, -0.2) is 33.9 Å².